The summed E-state index contributed by atoms with van der Waals surface area (Å²) in [5.74, 6) is 0. The van der Waals surface area contributed by atoms with Crippen LogP contribution in [0.4, 0.5) is 0 Å². The molecular weight excluding hydrogens is 206 g/mol. The highest BCUT2D eigenvalue weighted by atomic mass is 79.9. The minimum Gasteiger partial charge on any atom is -1.00 e. The Morgan fingerprint density at radius 2 is 1.45 bits per heavy atom. The van der Waals surface area contributed by atoms with Crippen LogP contribution in [0, 0.1) is 0 Å². The Hall–Kier alpha value is 0.110. The van der Waals surface area contributed by atoms with Gasteiger partial charge >= 0.3 is 0 Å². The number of aldehydes is 1. The number of carbonyl (C=O) groups excluding carboxylic acids is 1. The van der Waals surface area contributed by atoms with Crippen molar-refractivity contribution in [1.29, 1.82) is 0 Å². The number of carbonyl (C=O) groups is 1. The van der Waals surface area contributed by atoms with Crippen molar-refractivity contribution in [3.8, 4) is 0 Å². The van der Waals surface area contributed by atoms with Gasteiger partial charge in [0.2, 0.25) is 0 Å². The van der Waals surface area contributed by atoms with Crippen molar-refractivity contribution in [2.45, 2.75) is 20.8 Å². The number of rotatable bonds is 5. The lowest BCUT2D eigenvalue weighted by Crippen LogP contribution is -3.00. The summed E-state index contributed by atoms with van der Waals surface area (Å²) in [7, 11) is 0. The Bertz CT molecular complexity index is 94.0. The molecule has 0 rings (SSSR count). The van der Waals surface area contributed by atoms with Gasteiger partial charge in [-0.2, -0.15) is 0 Å². The lowest BCUT2D eigenvalue weighted by atomic mass is 10.3. The van der Waals surface area contributed by atoms with Crippen molar-refractivity contribution in [2.24, 2.45) is 0 Å². The number of quaternary nitrogens is 1. The molecule has 3 heteroatoms. The molecule has 0 fully saturated rings. The van der Waals surface area contributed by atoms with E-state index in [0.29, 0.717) is 6.54 Å². The maximum absolute atomic E-state index is 10.3. The summed E-state index contributed by atoms with van der Waals surface area (Å²) < 4.78 is 0.934. The first-order chi connectivity index (χ1) is 4.74. The lowest BCUT2D eigenvalue weighted by molar-refractivity contribution is -0.915. The van der Waals surface area contributed by atoms with Crippen LogP contribution in [0.1, 0.15) is 20.8 Å². The second kappa shape index (κ2) is 6.80. The van der Waals surface area contributed by atoms with Gasteiger partial charge in [0, 0.05) is 0 Å². The molecule has 0 amide bonds. The van der Waals surface area contributed by atoms with E-state index in [-0.39, 0.29) is 17.0 Å². The number of hydrogen-bond acceptors (Lipinski definition) is 1. The molecule has 0 radical (unpaired) electrons. The number of halogens is 1. The molecule has 0 unspecified atom stereocenters. The molecule has 11 heavy (non-hydrogen) atoms. The van der Waals surface area contributed by atoms with Gasteiger partial charge < -0.3 is 21.5 Å². The maximum atomic E-state index is 10.3. The number of likely N-dealkylation sites (N-methyl/N-ethyl adjacent to an activating group) is 1. The van der Waals surface area contributed by atoms with Crippen LogP contribution >= 0.6 is 0 Å². The topological polar surface area (TPSA) is 17.1 Å². The molecular formula is C8H18BrNO. The van der Waals surface area contributed by atoms with E-state index in [0.717, 1.165) is 30.4 Å². The molecule has 0 N–H and O–H groups in total. The third-order valence-electron chi connectivity index (χ3n) is 2.47. The zero-order valence-corrected chi connectivity index (χ0v) is 9.23. The standard InChI is InChI=1S/C8H18NO.BrH/c1-4-9(5-2,6-3)7-8-10;/h8H,4-7H2,1-3H3;1H/q+1;/p-1. The molecule has 0 aliphatic heterocycles. The highest BCUT2D eigenvalue weighted by molar-refractivity contribution is 5.50. The van der Waals surface area contributed by atoms with Crippen molar-refractivity contribution in [1.82, 2.24) is 0 Å². The number of hydrogen-bond donors (Lipinski definition) is 0. The number of nitrogens with zero attached hydrogens (tertiary/aromatic N) is 1. The maximum Gasteiger partial charge on any atom is 0.174 e. The fourth-order valence-corrected chi connectivity index (χ4v) is 1.22. The molecule has 0 bridgehead atoms. The Labute approximate surface area is 79.9 Å². The van der Waals surface area contributed by atoms with Gasteiger partial charge in [0.1, 0.15) is 6.54 Å². The predicted octanol–water partition coefficient (Wildman–Crippen LogP) is -1.93. The van der Waals surface area contributed by atoms with E-state index in [1.807, 2.05) is 0 Å². The van der Waals surface area contributed by atoms with Gasteiger partial charge in [-0.25, -0.2) is 0 Å². The van der Waals surface area contributed by atoms with Crippen molar-refractivity contribution >= 4 is 6.29 Å². The lowest BCUT2D eigenvalue weighted by Gasteiger charge is -2.33. The molecule has 0 saturated heterocycles. The van der Waals surface area contributed by atoms with E-state index < -0.39 is 0 Å². The fourth-order valence-electron chi connectivity index (χ4n) is 1.22. The van der Waals surface area contributed by atoms with Crippen LogP contribution in [0.3, 0.4) is 0 Å². The average molecular weight is 224 g/mol. The van der Waals surface area contributed by atoms with Crippen molar-refractivity contribution in [3.63, 3.8) is 0 Å². The van der Waals surface area contributed by atoms with Crippen molar-refractivity contribution in [2.75, 3.05) is 26.2 Å². The van der Waals surface area contributed by atoms with Gasteiger partial charge in [0.25, 0.3) is 0 Å². The van der Waals surface area contributed by atoms with Crippen molar-refractivity contribution < 1.29 is 26.3 Å². The molecule has 0 atom stereocenters. The summed E-state index contributed by atoms with van der Waals surface area (Å²) >= 11 is 0. The Kier molecular flexibility index (Phi) is 8.46. The summed E-state index contributed by atoms with van der Waals surface area (Å²) in [5, 5.41) is 0. The SMILES string of the molecule is CC[N+](CC)(CC)CC=O.[Br-]. The monoisotopic (exact) mass is 223 g/mol. The smallest absolute Gasteiger partial charge is 0.174 e. The van der Waals surface area contributed by atoms with Crippen LogP contribution in [0.2, 0.25) is 0 Å². The Morgan fingerprint density at radius 1 is 1.09 bits per heavy atom. The van der Waals surface area contributed by atoms with Gasteiger partial charge in [-0.05, 0) is 20.8 Å². The minimum atomic E-state index is 0. The largest absolute Gasteiger partial charge is 1.00 e. The summed E-state index contributed by atoms with van der Waals surface area (Å²) in [6, 6.07) is 0. The van der Waals surface area contributed by atoms with Crippen LogP contribution in [0.5, 0.6) is 0 Å². The zero-order chi connectivity index (χ0) is 8.04. The van der Waals surface area contributed by atoms with Crippen LogP contribution in [-0.2, 0) is 4.79 Å². The molecule has 68 valence electrons. The quantitative estimate of drug-likeness (QED) is 0.392. The molecule has 0 aromatic rings. The first kappa shape index (κ1) is 13.7. The molecule has 0 aromatic carbocycles. The van der Waals surface area contributed by atoms with Crippen molar-refractivity contribution in [3.05, 3.63) is 0 Å². The Balaban J connectivity index is 0. The van der Waals surface area contributed by atoms with Gasteiger partial charge in [-0.15, -0.1) is 0 Å². The molecule has 0 aliphatic rings. The molecule has 0 aliphatic carbocycles. The third kappa shape index (κ3) is 3.87. The van der Waals surface area contributed by atoms with E-state index in [4.69, 9.17) is 0 Å². The van der Waals surface area contributed by atoms with Crippen LogP contribution in [-0.4, -0.2) is 36.9 Å². The normalized spacial score (nSPS) is 10.5. The van der Waals surface area contributed by atoms with E-state index in [1.54, 1.807) is 0 Å². The van der Waals surface area contributed by atoms with E-state index in [9.17, 15) is 4.79 Å². The average Bonchev–Trinajstić information content (AvgIpc) is 2.01. The third-order valence-corrected chi connectivity index (χ3v) is 2.47. The first-order valence-corrected chi connectivity index (χ1v) is 4.03. The first-order valence-electron chi connectivity index (χ1n) is 4.03. The molecule has 2 nitrogen and oxygen atoms in total. The highest BCUT2D eigenvalue weighted by Gasteiger charge is 2.18. The second-order valence-corrected chi connectivity index (χ2v) is 2.64. The zero-order valence-electron chi connectivity index (χ0n) is 7.64. The van der Waals surface area contributed by atoms with Gasteiger partial charge in [0.05, 0.1) is 19.6 Å². The molecule has 0 aromatic heterocycles. The minimum absolute atomic E-state index is 0. The van der Waals surface area contributed by atoms with E-state index >= 15 is 0 Å². The molecule has 0 heterocycles. The van der Waals surface area contributed by atoms with E-state index in [2.05, 4.69) is 20.8 Å². The van der Waals surface area contributed by atoms with Gasteiger partial charge in [-0.1, -0.05) is 0 Å². The summed E-state index contributed by atoms with van der Waals surface area (Å²) in [6.45, 7) is 10.3. The highest BCUT2D eigenvalue weighted by Crippen LogP contribution is 2.02. The molecule has 0 saturated carbocycles. The van der Waals surface area contributed by atoms with Crippen LogP contribution in [0.25, 0.3) is 0 Å². The fraction of sp³-hybridized carbons (Fsp3) is 0.875. The van der Waals surface area contributed by atoms with Crippen LogP contribution in [0.15, 0.2) is 0 Å². The van der Waals surface area contributed by atoms with Crippen LogP contribution < -0.4 is 17.0 Å². The van der Waals surface area contributed by atoms with E-state index in [1.165, 1.54) is 0 Å². The molecule has 0 spiro atoms. The summed E-state index contributed by atoms with van der Waals surface area (Å²) in [4.78, 5) is 10.3. The van der Waals surface area contributed by atoms with Gasteiger partial charge in [0.15, 0.2) is 6.29 Å². The predicted molar refractivity (Wildman–Crippen MR) is 42.8 cm³/mol. The Morgan fingerprint density at radius 3 is 1.55 bits per heavy atom. The summed E-state index contributed by atoms with van der Waals surface area (Å²) in [5.41, 5.74) is 0. The summed E-state index contributed by atoms with van der Waals surface area (Å²) in [6.07, 6.45) is 1.02. The second-order valence-electron chi connectivity index (χ2n) is 2.64. The van der Waals surface area contributed by atoms with Gasteiger partial charge in [-0.3, -0.25) is 4.79 Å².